The fourth-order valence-electron chi connectivity index (χ4n) is 3.94. The number of rotatable bonds is 0. The number of para-hydroxylation sites is 4. The smallest absolute Gasteiger partial charge is 0.412 e. The zero-order valence-electron chi connectivity index (χ0n) is 23.4. The molecule has 8 rings (SSSR count). The minimum absolute atomic E-state index is 0. The predicted molar refractivity (Wildman–Crippen MR) is 158 cm³/mol. The molecule has 0 aliphatic heterocycles. The molecular formula is C28H30CuN12O+2. The van der Waals surface area contributed by atoms with Crippen molar-refractivity contribution in [3.63, 3.8) is 0 Å². The molecule has 4 aromatic heterocycles. The Hall–Kier alpha value is -5.04. The van der Waals surface area contributed by atoms with E-state index in [-0.39, 0.29) is 22.5 Å². The van der Waals surface area contributed by atoms with Crippen LogP contribution in [0.5, 0.6) is 0 Å². The van der Waals surface area contributed by atoms with E-state index in [1.165, 1.54) is 0 Å². The first kappa shape index (κ1) is 31.5. The van der Waals surface area contributed by atoms with E-state index >= 15 is 0 Å². The molecule has 42 heavy (non-hydrogen) atoms. The molecule has 2 N–H and O–H groups in total. The zero-order chi connectivity index (χ0) is 27.9. The summed E-state index contributed by atoms with van der Waals surface area (Å²) in [7, 11) is 7.54. The van der Waals surface area contributed by atoms with Crippen molar-refractivity contribution in [2.24, 2.45) is 28.2 Å². The number of hydrogen-bond donors (Lipinski definition) is 0. The Morgan fingerprint density at radius 1 is 0.357 bits per heavy atom. The van der Waals surface area contributed by atoms with Gasteiger partial charge in [-0.3, -0.25) is 0 Å². The minimum Gasteiger partial charge on any atom is -0.412 e. The molecule has 0 aliphatic rings. The van der Waals surface area contributed by atoms with E-state index in [1.54, 1.807) is 18.7 Å². The maximum absolute atomic E-state index is 3.93. The van der Waals surface area contributed by atoms with Crippen molar-refractivity contribution in [2.45, 2.75) is 0 Å². The van der Waals surface area contributed by atoms with Crippen molar-refractivity contribution in [2.75, 3.05) is 0 Å². The summed E-state index contributed by atoms with van der Waals surface area (Å²) in [6.45, 7) is 0. The SMILES string of the molecule is Cn1nnc2ccccc21.Cn1nnc2ccccc21.Cn1nnc2ccccc21.Cn1nnc2ccccc21.O.[Cu+2]. The summed E-state index contributed by atoms with van der Waals surface area (Å²) >= 11 is 0. The van der Waals surface area contributed by atoms with E-state index < -0.39 is 0 Å². The average Bonchev–Trinajstić information content (AvgIpc) is 3.78. The number of aromatic nitrogens is 12. The molecule has 0 saturated carbocycles. The second-order valence-electron chi connectivity index (χ2n) is 8.81. The van der Waals surface area contributed by atoms with Gasteiger partial charge in [0.15, 0.2) is 0 Å². The topological polar surface area (TPSA) is 154 Å². The van der Waals surface area contributed by atoms with Gasteiger partial charge in [0.2, 0.25) is 0 Å². The number of nitrogens with zero attached hydrogens (tertiary/aromatic N) is 12. The van der Waals surface area contributed by atoms with Crippen molar-refractivity contribution < 1.29 is 22.5 Å². The van der Waals surface area contributed by atoms with Crippen LogP contribution >= 0.6 is 0 Å². The first-order valence-electron chi connectivity index (χ1n) is 12.5. The summed E-state index contributed by atoms with van der Waals surface area (Å²) in [4.78, 5) is 0. The van der Waals surface area contributed by atoms with Crippen LogP contribution in [0.4, 0.5) is 0 Å². The largest absolute Gasteiger partial charge is 2.00 e. The van der Waals surface area contributed by atoms with E-state index in [4.69, 9.17) is 0 Å². The summed E-state index contributed by atoms with van der Waals surface area (Å²) in [6.07, 6.45) is 0. The van der Waals surface area contributed by atoms with E-state index in [0.29, 0.717) is 0 Å². The van der Waals surface area contributed by atoms with Crippen LogP contribution in [0.2, 0.25) is 0 Å². The Morgan fingerprint density at radius 3 is 0.738 bits per heavy atom. The van der Waals surface area contributed by atoms with Gasteiger partial charge in [0.1, 0.15) is 22.1 Å². The van der Waals surface area contributed by atoms with Crippen LogP contribution in [0.1, 0.15) is 0 Å². The maximum Gasteiger partial charge on any atom is 2.00 e. The molecule has 0 bridgehead atoms. The summed E-state index contributed by atoms with van der Waals surface area (Å²) in [5.41, 5.74) is 8.08. The fourth-order valence-corrected chi connectivity index (χ4v) is 3.94. The Labute approximate surface area is 251 Å². The quantitative estimate of drug-likeness (QED) is 0.236. The predicted octanol–water partition coefficient (Wildman–Crippen LogP) is 3.05. The molecule has 0 atom stereocenters. The molecule has 0 amide bonds. The Kier molecular flexibility index (Phi) is 10.9. The van der Waals surface area contributed by atoms with Crippen LogP contribution in [0.3, 0.4) is 0 Å². The molecule has 0 fully saturated rings. The molecular weight excluding hydrogens is 584 g/mol. The van der Waals surface area contributed by atoms with Gasteiger partial charge in [-0.15, -0.1) is 20.4 Å². The molecule has 217 valence electrons. The molecule has 0 aliphatic carbocycles. The molecule has 4 heterocycles. The van der Waals surface area contributed by atoms with Crippen LogP contribution in [0.15, 0.2) is 97.1 Å². The third-order valence-corrected chi connectivity index (χ3v) is 6.07. The summed E-state index contributed by atoms with van der Waals surface area (Å²) in [5.74, 6) is 0. The monoisotopic (exact) mass is 613 g/mol. The first-order valence-corrected chi connectivity index (χ1v) is 12.5. The standard InChI is InChI=1S/4C7H7N3.Cu.H2O/c4*1-10-7-5-3-2-4-6(7)8-9-10;;/h4*2-5H,1H3;;1H2/q;;;;+2;. The molecule has 14 heteroatoms. The van der Waals surface area contributed by atoms with Gasteiger partial charge in [-0.2, -0.15) is 0 Å². The Bertz CT molecular complexity index is 1700. The number of benzene rings is 4. The van der Waals surface area contributed by atoms with Gasteiger partial charge in [-0.05, 0) is 48.5 Å². The van der Waals surface area contributed by atoms with E-state index in [2.05, 4.69) is 41.2 Å². The molecule has 8 aromatic rings. The third kappa shape index (κ3) is 7.18. The normalized spacial score (nSPS) is 10.0. The van der Waals surface area contributed by atoms with Crippen molar-refractivity contribution in [1.82, 2.24) is 60.0 Å². The van der Waals surface area contributed by atoms with Crippen LogP contribution in [-0.2, 0) is 45.3 Å². The fraction of sp³-hybridized carbons (Fsp3) is 0.143. The molecule has 0 saturated heterocycles. The Morgan fingerprint density at radius 2 is 0.548 bits per heavy atom. The molecule has 0 spiro atoms. The second-order valence-corrected chi connectivity index (χ2v) is 8.81. The Balaban J connectivity index is 0.000000151. The summed E-state index contributed by atoms with van der Waals surface area (Å²) in [5, 5.41) is 31.2. The van der Waals surface area contributed by atoms with E-state index in [9.17, 15) is 0 Å². The van der Waals surface area contributed by atoms with Crippen molar-refractivity contribution >= 4 is 44.1 Å². The van der Waals surface area contributed by atoms with Gasteiger partial charge in [0.25, 0.3) is 0 Å². The summed E-state index contributed by atoms with van der Waals surface area (Å²) < 4.78 is 7.04. The van der Waals surface area contributed by atoms with Gasteiger partial charge in [-0.25, -0.2) is 18.7 Å². The maximum atomic E-state index is 3.93. The zero-order valence-corrected chi connectivity index (χ0v) is 24.3. The second kappa shape index (κ2) is 14.5. The first-order chi connectivity index (χ1) is 19.5. The summed E-state index contributed by atoms with van der Waals surface area (Å²) in [6, 6.07) is 31.5. The average molecular weight is 614 g/mol. The third-order valence-electron chi connectivity index (χ3n) is 6.07. The van der Waals surface area contributed by atoms with Gasteiger partial charge < -0.3 is 5.48 Å². The van der Waals surface area contributed by atoms with Crippen molar-refractivity contribution in [3.05, 3.63) is 97.1 Å². The van der Waals surface area contributed by atoms with Gasteiger partial charge in [0, 0.05) is 28.2 Å². The van der Waals surface area contributed by atoms with Crippen LogP contribution < -0.4 is 0 Å². The van der Waals surface area contributed by atoms with Gasteiger partial charge in [-0.1, -0.05) is 69.4 Å². The van der Waals surface area contributed by atoms with Crippen LogP contribution in [-0.4, -0.2) is 65.5 Å². The molecule has 13 nitrogen and oxygen atoms in total. The van der Waals surface area contributed by atoms with Crippen molar-refractivity contribution in [1.29, 1.82) is 0 Å². The molecule has 4 aromatic carbocycles. The molecule has 0 unspecified atom stereocenters. The van der Waals surface area contributed by atoms with Gasteiger partial charge in [0.05, 0.1) is 22.1 Å². The number of aryl methyl sites for hydroxylation is 4. The number of fused-ring (bicyclic) bond motifs is 4. The number of hydrogen-bond acceptors (Lipinski definition) is 8. The van der Waals surface area contributed by atoms with E-state index in [1.807, 2.05) is 125 Å². The van der Waals surface area contributed by atoms with E-state index in [0.717, 1.165) is 44.1 Å². The van der Waals surface area contributed by atoms with Crippen LogP contribution in [0.25, 0.3) is 44.1 Å². The van der Waals surface area contributed by atoms with Gasteiger partial charge >= 0.3 is 17.1 Å². The molecule has 1 radical (unpaired) electrons. The van der Waals surface area contributed by atoms with Crippen LogP contribution in [0, 0.1) is 0 Å². The van der Waals surface area contributed by atoms with Crippen molar-refractivity contribution in [3.8, 4) is 0 Å². The minimum atomic E-state index is 0.